The molecule has 0 spiro atoms. The summed E-state index contributed by atoms with van der Waals surface area (Å²) in [7, 11) is 1.40. The van der Waals surface area contributed by atoms with E-state index in [9.17, 15) is 24.5 Å². The van der Waals surface area contributed by atoms with Gasteiger partial charge in [0.05, 0.1) is 39.4 Å². The molecule has 0 saturated carbocycles. The van der Waals surface area contributed by atoms with E-state index in [1.807, 2.05) is 0 Å². The minimum absolute atomic E-state index is 0.0537. The Kier molecular flexibility index (Phi) is 8.40. The molecule has 1 aliphatic heterocycles. The van der Waals surface area contributed by atoms with Crippen LogP contribution in [-0.4, -0.2) is 35.1 Å². The molecule has 13 heteroatoms. The second-order valence-electron chi connectivity index (χ2n) is 9.45. The molecule has 1 aliphatic rings. The van der Waals surface area contributed by atoms with E-state index in [4.69, 9.17) is 18.6 Å². The molecular weight excluding hydrogens is 590 g/mol. The van der Waals surface area contributed by atoms with Crippen molar-refractivity contribution in [1.82, 2.24) is 4.57 Å². The third-order valence-electron chi connectivity index (χ3n) is 6.60. The normalized spacial score (nSPS) is 14.4. The van der Waals surface area contributed by atoms with Gasteiger partial charge in [0.1, 0.15) is 18.1 Å². The number of nitrogens with zero attached hydrogens (tertiary/aromatic N) is 3. The van der Waals surface area contributed by atoms with Crippen molar-refractivity contribution in [1.29, 1.82) is 0 Å². The van der Waals surface area contributed by atoms with E-state index in [-0.39, 0.29) is 45.4 Å². The lowest BCUT2D eigenvalue weighted by Gasteiger charge is -2.25. The highest BCUT2D eigenvalue weighted by Gasteiger charge is 2.34. The summed E-state index contributed by atoms with van der Waals surface area (Å²) in [4.78, 5) is 54.7. The average Bonchev–Trinajstić information content (AvgIpc) is 3.59. The summed E-state index contributed by atoms with van der Waals surface area (Å²) in [6, 6.07) is 13.1. The third-order valence-corrected chi connectivity index (χ3v) is 7.58. The molecule has 0 aliphatic carbocycles. The summed E-state index contributed by atoms with van der Waals surface area (Å²) in [6.45, 7) is 6.43. The van der Waals surface area contributed by atoms with Crippen LogP contribution in [0.5, 0.6) is 11.5 Å². The zero-order chi connectivity index (χ0) is 31.5. The Labute approximate surface area is 253 Å². The van der Waals surface area contributed by atoms with Gasteiger partial charge in [0, 0.05) is 19.1 Å². The number of para-hydroxylation sites is 1. The van der Waals surface area contributed by atoms with Gasteiger partial charge in [0.25, 0.3) is 11.2 Å². The van der Waals surface area contributed by atoms with E-state index in [2.05, 4.69) is 11.6 Å². The van der Waals surface area contributed by atoms with Gasteiger partial charge in [-0.1, -0.05) is 42.2 Å². The number of thiazole rings is 1. The Morgan fingerprint density at radius 1 is 1.18 bits per heavy atom. The number of hydrogen-bond acceptors (Lipinski definition) is 11. The molecule has 1 unspecified atom stereocenters. The first-order chi connectivity index (χ1) is 21.1. The Hall–Kier alpha value is -5.56. The van der Waals surface area contributed by atoms with Crippen molar-refractivity contribution in [2.45, 2.75) is 19.9 Å². The van der Waals surface area contributed by atoms with Crippen LogP contribution in [0, 0.1) is 10.1 Å². The number of carbonyl (C=O) groups is 2. The highest BCUT2D eigenvalue weighted by atomic mass is 32.1. The van der Waals surface area contributed by atoms with Crippen molar-refractivity contribution in [3.8, 4) is 22.8 Å². The Bertz CT molecular complexity index is 2030. The number of ether oxygens (including phenoxy) is 3. The average molecular weight is 616 g/mol. The number of nitro groups is 1. The molecule has 0 amide bonds. The van der Waals surface area contributed by atoms with Crippen molar-refractivity contribution in [3.63, 3.8) is 0 Å². The molecule has 2 aromatic heterocycles. The molecule has 1 atom stereocenters. The summed E-state index contributed by atoms with van der Waals surface area (Å²) in [5.74, 6) is -0.303. The number of nitro benzene ring substituents is 1. The molecule has 5 rings (SSSR count). The maximum Gasteiger partial charge on any atom is 0.338 e. The van der Waals surface area contributed by atoms with Crippen LogP contribution in [0.1, 0.15) is 31.2 Å². The first-order valence-corrected chi connectivity index (χ1v) is 13.9. The highest BCUT2D eigenvalue weighted by molar-refractivity contribution is 7.07. The highest BCUT2D eigenvalue weighted by Crippen LogP contribution is 2.36. The van der Waals surface area contributed by atoms with E-state index in [1.165, 1.54) is 42.9 Å². The van der Waals surface area contributed by atoms with Gasteiger partial charge in [0.2, 0.25) is 0 Å². The molecule has 0 radical (unpaired) electrons. The van der Waals surface area contributed by atoms with Gasteiger partial charge < -0.3 is 18.6 Å². The van der Waals surface area contributed by atoms with Crippen molar-refractivity contribution in [2.24, 2.45) is 4.99 Å². The quantitative estimate of drug-likeness (QED) is 0.0892. The molecule has 0 bridgehead atoms. The van der Waals surface area contributed by atoms with E-state index in [0.29, 0.717) is 21.6 Å². The van der Waals surface area contributed by atoms with Crippen LogP contribution >= 0.6 is 11.3 Å². The van der Waals surface area contributed by atoms with E-state index < -0.39 is 28.5 Å². The fourth-order valence-electron chi connectivity index (χ4n) is 4.75. The maximum absolute atomic E-state index is 13.9. The molecule has 0 N–H and O–H groups in total. The second kappa shape index (κ2) is 12.4. The molecule has 4 aromatic rings. The van der Waals surface area contributed by atoms with Crippen LogP contribution in [0.4, 0.5) is 5.69 Å². The fraction of sp³-hybridized carbons (Fsp3) is 0.161. The number of hydrogen-bond donors (Lipinski definition) is 0. The van der Waals surface area contributed by atoms with Gasteiger partial charge in [-0.2, -0.15) is 0 Å². The van der Waals surface area contributed by atoms with Crippen molar-refractivity contribution < 1.29 is 33.1 Å². The number of furan rings is 1. The third kappa shape index (κ3) is 5.72. The zero-order valence-electron chi connectivity index (χ0n) is 23.8. The van der Waals surface area contributed by atoms with Crippen molar-refractivity contribution in [2.75, 3.05) is 13.7 Å². The van der Waals surface area contributed by atoms with E-state index >= 15 is 0 Å². The van der Waals surface area contributed by atoms with Crippen molar-refractivity contribution >= 4 is 35.0 Å². The Morgan fingerprint density at radius 3 is 2.66 bits per heavy atom. The number of methoxy groups -OCH3 is 1. The minimum atomic E-state index is -0.967. The van der Waals surface area contributed by atoms with E-state index in [1.54, 1.807) is 49.4 Å². The van der Waals surface area contributed by atoms with Crippen molar-refractivity contribution in [3.05, 3.63) is 120 Å². The van der Waals surface area contributed by atoms with Gasteiger partial charge in [-0.3, -0.25) is 24.3 Å². The number of aromatic nitrogens is 1. The van der Waals surface area contributed by atoms with Crippen LogP contribution in [0.2, 0.25) is 0 Å². The lowest BCUT2D eigenvalue weighted by Crippen LogP contribution is -2.40. The predicted octanol–water partition coefficient (Wildman–Crippen LogP) is 4.07. The molecule has 3 heterocycles. The summed E-state index contributed by atoms with van der Waals surface area (Å²) in [6.07, 6.45) is 2.94. The first kappa shape index (κ1) is 29.9. The van der Waals surface area contributed by atoms with Crippen LogP contribution in [0.25, 0.3) is 17.4 Å². The molecule has 12 nitrogen and oxygen atoms in total. The van der Waals surface area contributed by atoms with Crippen LogP contribution < -0.4 is 24.4 Å². The summed E-state index contributed by atoms with van der Waals surface area (Å²) in [5.41, 5.74) is 0.660. The monoisotopic (exact) mass is 615 g/mol. The smallest absolute Gasteiger partial charge is 0.338 e. The number of allylic oxidation sites excluding steroid dienone is 1. The van der Waals surface area contributed by atoms with Gasteiger partial charge >= 0.3 is 11.9 Å². The molecule has 44 heavy (non-hydrogen) atoms. The number of benzene rings is 2. The summed E-state index contributed by atoms with van der Waals surface area (Å²) < 4.78 is 23.5. The van der Waals surface area contributed by atoms with Gasteiger partial charge in [-0.15, -0.1) is 0 Å². The molecule has 2 aromatic carbocycles. The predicted molar refractivity (Wildman–Crippen MR) is 160 cm³/mol. The molecular formula is C31H25N3O9S. The van der Waals surface area contributed by atoms with Gasteiger partial charge in [-0.05, 0) is 42.8 Å². The minimum Gasteiger partial charge on any atom is -0.493 e. The fourth-order valence-corrected chi connectivity index (χ4v) is 5.78. The first-order valence-electron chi connectivity index (χ1n) is 13.1. The maximum atomic E-state index is 13.9. The van der Waals surface area contributed by atoms with Gasteiger partial charge in [0.15, 0.2) is 16.3 Å². The van der Waals surface area contributed by atoms with Crippen LogP contribution in [0.15, 0.2) is 92.7 Å². The Balaban J connectivity index is 1.65. The number of rotatable bonds is 9. The lowest BCUT2D eigenvalue weighted by molar-refractivity contribution is -0.384. The summed E-state index contributed by atoms with van der Waals surface area (Å²) in [5, 5.41) is 11.5. The standard InChI is InChI=1S/C31H25N3O9S/c1-5-14-41-30(37)27-17(2)32-31-33(28(27)19-10-12-24(42-18(3)35)25(15-19)40-4)29(36)26(44-31)16-20-11-13-23(43-20)21-8-6-7-9-22(21)34(38)39/h5-13,15-16,28H,1,14H2,2-4H3/b26-16-. The topological polar surface area (TPSA) is 152 Å². The number of fused-ring (bicyclic) bond motifs is 1. The summed E-state index contributed by atoms with van der Waals surface area (Å²) >= 11 is 1.08. The van der Waals surface area contributed by atoms with Gasteiger partial charge in [-0.25, -0.2) is 9.79 Å². The number of carbonyl (C=O) groups excluding carboxylic acids is 2. The zero-order valence-corrected chi connectivity index (χ0v) is 24.6. The Morgan fingerprint density at radius 2 is 1.95 bits per heavy atom. The molecule has 0 fully saturated rings. The van der Waals surface area contributed by atoms with E-state index in [0.717, 1.165) is 11.3 Å². The number of esters is 2. The second-order valence-corrected chi connectivity index (χ2v) is 10.5. The molecule has 0 saturated heterocycles. The lowest BCUT2D eigenvalue weighted by atomic mass is 9.95. The SMILES string of the molecule is C=CCOC(=O)C1=C(C)N=c2s/c(=C\c3ccc(-c4ccccc4[N+](=O)[O-])o3)c(=O)n2C1c1ccc(OC(C)=O)c(OC)c1. The van der Waals surface area contributed by atoms with Crippen LogP contribution in [0.3, 0.4) is 0 Å². The largest absolute Gasteiger partial charge is 0.493 e. The molecule has 224 valence electrons. The van der Waals surface area contributed by atoms with Crippen LogP contribution in [-0.2, 0) is 14.3 Å².